The van der Waals surface area contributed by atoms with E-state index in [1.54, 1.807) is 0 Å². The second kappa shape index (κ2) is 6.92. The molecule has 0 bridgehead atoms. The molecule has 3 aromatic rings. The number of terminal acetylenes is 1. The van der Waals surface area contributed by atoms with E-state index in [9.17, 15) is 0 Å². The van der Waals surface area contributed by atoms with Gasteiger partial charge in [0.25, 0.3) is 0 Å². The Balaban J connectivity index is 2.12. The molecule has 0 saturated carbocycles. The van der Waals surface area contributed by atoms with E-state index in [0.717, 1.165) is 18.0 Å². The lowest BCUT2D eigenvalue weighted by Gasteiger charge is -2.17. The molecular formula is C22H25N. The standard InChI is InChI=1S/C22H25N/c1-4-7-10-18(6-3)16-23-21-12-9-8-11-19(21)20-15-17(5-2)13-14-22(20)23/h2,8-9,11-15,18H,4,6-7,10,16H2,1,3H3. The first kappa shape index (κ1) is 15.7. The van der Waals surface area contributed by atoms with Crippen molar-refractivity contribution in [2.75, 3.05) is 0 Å². The fourth-order valence-electron chi connectivity index (χ4n) is 3.52. The lowest BCUT2D eigenvalue weighted by molar-refractivity contribution is 0.401. The zero-order valence-electron chi connectivity index (χ0n) is 14.2. The maximum Gasteiger partial charge on any atom is 0.0492 e. The molecule has 118 valence electrons. The molecule has 0 spiro atoms. The predicted molar refractivity (Wildman–Crippen MR) is 101 cm³/mol. The van der Waals surface area contributed by atoms with Crippen LogP contribution in [0.25, 0.3) is 21.8 Å². The van der Waals surface area contributed by atoms with Crippen molar-refractivity contribution in [2.45, 2.75) is 46.1 Å². The number of unbranched alkanes of at least 4 members (excludes halogenated alkanes) is 1. The maximum absolute atomic E-state index is 5.59. The summed E-state index contributed by atoms with van der Waals surface area (Å²) in [6, 6.07) is 15.1. The number of hydrogen-bond acceptors (Lipinski definition) is 0. The molecule has 0 aliphatic carbocycles. The summed E-state index contributed by atoms with van der Waals surface area (Å²) in [6.45, 7) is 5.68. The SMILES string of the molecule is C#Cc1ccc2c(c1)c1ccccc1n2CC(CC)CCCC. The van der Waals surface area contributed by atoms with Crippen molar-refractivity contribution in [3.8, 4) is 12.3 Å². The summed E-state index contributed by atoms with van der Waals surface area (Å²) in [7, 11) is 0. The third-order valence-electron chi connectivity index (χ3n) is 4.92. The molecule has 2 aromatic carbocycles. The van der Waals surface area contributed by atoms with E-state index in [-0.39, 0.29) is 0 Å². The molecular weight excluding hydrogens is 278 g/mol. The summed E-state index contributed by atoms with van der Waals surface area (Å²) >= 11 is 0. The van der Waals surface area contributed by atoms with Gasteiger partial charge in [0.2, 0.25) is 0 Å². The zero-order chi connectivity index (χ0) is 16.2. The van der Waals surface area contributed by atoms with E-state index in [0.29, 0.717) is 0 Å². The highest BCUT2D eigenvalue weighted by Crippen LogP contribution is 2.31. The van der Waals surface area contributed by atoms with Crippen molar-refractivity contribution in [1.82, 2.24) is 4.57 Å². The number of para-hydroxylation sites is 1. The molecule has 0 N–H and O–H groups in total. The van der Waals surface area contributed by atoms with Gasteiger partial charge in [-0.3, -0.25) is 0 Å². The molecule has 0 fully saturated rings. The van der Waals surface area contributed by atoms with Crippen molar-refractivity contribution in [1.29, 1.82) is 0 Å². The number of aromatic nitrogens is 1. The summed E-state index contributed by atoms with van der Waals surface area (Å²) in [4.78, 5) is 0. The van der Waals surface area contributed by atoms with Gasteiger partial charge in [-0.25, -0.2) is 0 Å². The van der Waals surface area contributed by atoms with Crippen LogP contribution < -0.4 is 0 Å². The summed E-state index contributed by atoms with van der Waals surface area (Å²) in [6.07, 6.45) is 10.7. The highest BCUT2D eigenvalue weighted by Gasteiger charge is 2.14. The van der Waals surface area contributed by atoms with Gasteiger partial charge < -0.3 is 4.57 Å². The molecule has 1 aromatic heterocycles. The quantitative estimate of drug-likeness (QED) is 0.493. The number of rotatable bonds is 6. The van der Waals surface area contributed by atoms with Crippen molar-refractivity contribution in [2.24, 2.45) is 5.92 Å². The van der Waals surface area contributed by atoms with Crippen molar-refractivity contribution < 1.29 is 0 Å². The Morgan fingerprint density at radius 1 is 1.04 bits per heavy atom. The van der Waals surface area contributed by atoms with Gasteiger partial charge in [0.15, 0.2) is 0 Å². The van der Waals surface area contributed by atoms with Crippen LogP contribution in [0.15, 0.2) is 42.5 Å². The highest BCUT2D eigenvalue weighted by molar-refractivity contribution is 6.08. The molecule has 0 saturated heterocycles. The van der Waals surface area contributed by atoms with Crippen LogP contribution in [0.3, 0.4) is 0 Å². The van der Waals surface area contributed by atoms with Gasteiger partial charge in [-0.1, -0.05) is 57.2 Å². The minimum Gasteiger partial charge on any atom is -0.340 e. The molecule has 0 radical (unpaired) electrons. The van der Waals surface area contributed by atoms with Gasteiger partial charge in [-0.2, -0.15) is 0 Å². The summed E-state index contributed by atoms with van der Waals surface area (Å²) in [5, 5.41) is 2.59. The minimum atomic E-state index is 0.737. The molecule has 1 atom stereocenters. The molecule has 3 rings (SSSR count). The third-order valence-corrected chi connectivity index (χ3v) is 4.92. The topological polar surface area (TPSA) is 4.93 Å². The number of fused-ring (bicyclic) bond motifs is 3. The normalized spacial score (nSPS) is 12.6. The highest BCUT2D eigenvalue weighted by atomic mass is 15.0. The van der Waals surface area contributed by atoms with Gasteiger partial charge >= 0.3 is 0 Å². The molecule has 0 aliphatic heterocycles. The zero-order valence-corrected chi connectivity index (χ0v) is 14.2. The molecule has 1 heteroatoms. The molecule has 0 aliphatic rings. The Morgan fingerprint density at radius 2 is 1.83 bits per heavy atom. The van der Waals surface area contributed by atoms with Crippen LogP contribution in [0.4, 0.5) is 0 Å². The fourth-order valence-corrected chi connectivity index (χ4v) is 3.52. The van der Waals surface area contributed by atoms with Gasteiger partial charge in [0.05, 0.1) is 0 Å². The van der Waals surface area contributed by atoms with E-state index in [2.05, 4.69) is 66.8 Å². The van der Waals surface area contributed by atoms with Crippen LogP contribution in [0, 0.1) is 18.3 Å². The lowest BCUT2D eigenvalue weighted by atomic mass is 9.99. The monoisotopic (exact) mass is 303 g/mol. The van der Waals surface area contributed by atoms with Crippen LogP contribution in [-0.4, -0.2) is 4.57 Å². The third kappa shape index (κ3) is 2.99. The maximum atomic E-state index is 5.59. The Bertz CT molecular complexity index is 847. The molecule has 23 heavy (non-hydrogen) atoms. The Labute approximate surface area is 139 Å². The minimum absolute atomic E-state index is 0.737. The van der Waals surface area contributed by atoms with E-state index in [4.69, 9.17) is 6.42 Å². The van der Waals surface area contributed by atoms with Crippen LogP contribution in [-0.2, 0) is 6.54 Å². The Morgan fingerprint density at radius 3 is 2.57 bits per heavy atom. The number of hydrogen-bond donors (Lipinski definition) is 0. The number of benzene rings is 2. The van der Waals surface area contributed by atoms with E-state index >= 15 is 0 Å². The molecule has 1 heterocycles. The molecule has 1 nitrogen and oxygen atoms in total. The molecule has 0 amide bonds. The largest absolute Gasteiger partial charge is 0.340 e. The number of nitrogens with zero attached hydrogens (tertiary/aromatic N) is 1. The smallest absolute Gasteiger partial charge is 0.0492 e. The van der Waals surface area contributed by atoms with Crippen molar-refractivity contribution in [3.05, 3.63) is 48.0 Å². The average Bonchev–Trinajstić information content (AvgIpc) is 2.91. The first-order chi connectivity index (χ1) is 11.3. The second-order valence-corrected chi connectivity index (χ2v) is 6.42. The van der Waals surface area contributed by atoms with Gasteiger partial charge in [0, 0.05) is 33.9 Å². The van der Waals surface area contributed by atoms with Crippen LogP contribution in [0.5, 0.6) is 0 Å². The van der Waals surface area contributed by atoms with Gasteiger partial charge in [-0.15, -0.1) is 6.42 Å². The first-order valence-electron chi connectivity index (χ1n) is 8.76. The average molecular weight is 303 g/mol. The first-order valence-corrected chi connectivity index (χ1v) is 8.76. The summed E-state index contributed by atoms with van der Waals surface area (Å²) in [5.41, 5.74) is 3.59. The van der Waals surface area contributed by atoms with Crippen molar-refractivity contribution >= 4 is 21.8 Å². The second-order valence-electron chi connectivity index (χ2n) is 6.42. The summed E-state index contributed by atoms with van der Waals surface area (Å²) < 4.78 is 2.49. The van der Waals surface area contributed by atoms with Crippen LogP contribution in [0.2, 0.25) is 0 Å². The fraction of sp³-hybridized carbons (Fsp3) is 0.364. The van der Waals surface area contributed by atoms with Crippen LogP contribution >= 0.6 is 0 Å². The van der Waals surface area contributed by atoms with E-state index in [1.165, 1.54) is 47.5 Å². The van der Waals surface area contributed by atoms with Crippen LogP contribution in [0.1, 0.15) is 45.1 Å². The Hall–Kier alpha value is -2.20. The van der Waals surface area contributed by atoms with Gasteiger partial charge in [-0.05, 0) is 36.6 Å². The van der Waals surface area contributed by atoms with Crippen molar-refractivity contribution in [3.63, 3.8) is 0 Å². The van der Waals surface area contributed by atoms with E-state index in [1.807, 2.05) is 0 Å². The summed E-state index contributed by atoms with van der Waals surface area (Å²) in [5.74, 6) is 3.50. The lowest BCUT2D eigenvalue weighted by Crippen LogP contribution is -2.10. The molecule has 1 unspecified atom stereocenters. The van der Waals surface area contributed by atoms with Gasteiger partial charge in [0.1, 0.15) is 0 Å². The predicted octanol–water partition coefficient (Wildman–Crippen LogP) is 5.99. The van der Waals surface area contributed by atoms with E-state index < -0.39 is 0 Å². The Kier molecular flexibility index (Phi) is 4.72.